The van der Waals surface area contributed by atoms with Gasteiger partial charge in [-0.2, -0.15) is 0 Å². The molecule has 6 nitrogen and oxygen atoms in total. The van der Waals surface area contributed by atoms with E-state index in [1.807, 2.05) is 0 Å². The smallest absolute Gasteiger partial charge is 0.347 e. The molecule has 4 rings (SSSR count). The van der Waals surface area contributed by atoms with Gasteiger partial charge in [-0.05, 0) is 30.3 Å². The zero-order valence-electron chi connectivity index (χ0n) is 11.1. The molecule has 0 aromatic heterocycles. The molecule has 2 aromatic carbocycles. The second-order valence-electron chi connectivity index (χ2n) is 4.88. The van der Waals surface area contributed by atoms with Gasteiger partial charge >= 0.3 is 17.9 Å². The van der Waals surface area contributed by atoms with Crippen LogP contribution >= 0.6 is 0 Å². The van der Waals surface area contributed by atoms with Crippen LogP contribution in [0.25, 0.3) is 0 Å². The highest BCUT2D eigenvalue weighted by Gasteiger charge is 2.30. The van der Waals surface area contributed by atoms with Gasteiger partial charge in [0.25, 0.3) is 0 Å². The molecule has 2 aliphatic rings. The summed E-state index contributed by atoms with van der Waals surface area (Å²) in [5, 5.41) is 0. The first-order chi connectivity index (χ1) is 10.6. The number of cyclic esters (lactones) is 3. The molecule has 2 heterocycles. The van der Waals surface area contributed by atoms with E-state index in [0.29, 0.717) is 17.1 Å². The van der Waals surface area contributed by atoms with Gasteiger partial charge in [-0.3, -0.25) is 0 Å². The second-order valence-corrected chi connectivity index (χ2v) is 4.88. The second kappa shape index (κ2) is 4.42. The van der Waals surface area contributed by atoms with Crippen LogP contribution in [0.5, 0.6) is 11.5 Å². The average Bonchev–Trinajstić information content (AvgIpc) is 3.01. The van der Waals surface area contributed by atoms with E-state index in [4.69, 9.17) is 9.47 Å². The van der Waals surface area contributed by atoms with Gasteiger partial charge in [0, 0.05) is 5.56 Å². The molecule has 108 valence electrons. The number of hydrogen-bond acceptors (Lipinski definition) is 6. The number of hydrogen-bond donors (Lipinski definition) is 0. The minimum absolute atomic E-state index is 0.170. The summed E-state index contributed by atoms with van der Waals surface area (Å²) in [7, 11) is 0. The standard InChI is InChI=1S/C16H8O6/c17-14-12-5-9(2-1-8(12)7-20-14)21-10-3-4-11-13(6-10)16(19)22-15(11)18/h1-6H,7H2. The van der Waals surface area contributed by atoms with E-state index < -0.39 is 11.9 Å². The minimum atomic E-state index is -0.692. The summed E-state index contributed by atoms with van der Waals surface area (Å²) in [4.78, 5) is 34.4. The van der Waals surface area contributed by atoms with Crippen molar-refractivity contribution in [1.29, 1.82) is 0 Å². The highest BCUT2D eigenvalue weighted by Crippen LogP contribution is 2.30. The lowest BCUT2D eigenvalue weighted by atomic mass is 10.1. The molecule has 0 amide bonds. The zero-order chi connectivity index (χ0) is 15.3. The molecule has 0 bridgehead atoms. The molecular formula is C16H8O6. The Morgan fingerprint density at radius 3 is 2.27 bits per heavy atom. The van der Waals surface area contributed by atoms with Gasteiger partial charge in [0.05, 0.1) is 16.7 Å². The fraction of sp³-hybridized carbons (Fsp3) is 0.0625. The molecule has 0 saturated carbocycles. The molecular weight excluding hydrogens is 288 g/mol. The summed E-state index contributed by atoms with van der Waals surface area (Å²) in [6, 6.07) is 9.51. The third-order valence-corrected chi connectivity index (χ3v) is 3.51. The topological polar surface area (TPSA) is 78.9 Å². The van der Waals surface area contributed by atoms with E-state index in [9.17, 15) is 14.4 Å². The SMILES string of the molecule is O=C1OCc2ccc(Oc3ccc4c(c3)C(=O)OC4=O)cc21. The fourth-order valence-electron chi connectivity index (χ4n) is 2.42. The summed E-state index contributed by atoms with van der Waals surface area (Å²) in [6.45, 7) is 0.265. The third-order valence-electron chi connectivity index (χ3n) is 3.51. The molecule has 0 aliphatic carbocycles. The van der Waals surface area contributed by atoms with Crippen molar-refractivity contribution >= 4 is 17.9 Å². The molecule has 0 atom stereocenters. The highest BCUT2D eigenvalue weighted by molar-refractivity contribution is 6.14. The van der Waals surface area contributed by atoms with Crippen LogP contribution in [0.4, 0.5) is 0 Å². The van der Waals surface area contributed by atoms with Crippen LogP contribution in [-0.2, 0) is 16.1 Å². The largest absolute Gasteiger partial charge is 0.457 e. The van der Waals surface area contributed by atoms with Gasteiger partial charge in [0.15, 0.2) is 0 Å². The van der Waals surface area contributed by atoms with Crippen LogP contribution < -0.4 is 4.74 Å². The van der Waals surface area contributed by atoms with Crippen molar-refractivity contribution in [2.45, 2.75) is 6.61 Å². The predicted molar refractivity (Wildman–Crippen MR) is 71.8 cm³/mol. The van der Waals surface area contributed by atoms with E-state index in [2.05, 4.69) is 4.74 Å². The van der Waals surface area contributed by atoms with Crippen molar-refractivity contribution in [1.82, 2.24) is 0 Å². The van der Waals surface area contributed by atoms with Crippen LogP contribution in [0.3, 0.4) is 0 Å². The third kappa shape index (κ3) is 1.85. The maximum atomic E-state index is 11.5. The van der Waals surface area contributed by atoms with E-state index in [0.717, 1.165) is 5.56 Å². The Labute approximate surface area is 124 Å². The summed E-state index contributed by atoms with van der Waals surface area (Å²) in [5.41, 5.74) is 1.66. The van der Waals surface area contributed by atoms with Crippen molar-refractivity contribution in [3.05, 3.63) is 58.7 Å². The van der Waals surface area contributed by atoms with Gasteiger partial charge in [-0.25, -0.2) is 14.4 Å². The first-order valence-corrected chi connectivity index (χ1v) is 6.50. The number of carbonyl (C=O) groups is 3. The normalized spacial score (nSPS) is 15.2. The van der Waals surface area contributed by atoms with Crippen molar-refractivity contribution in [2.24, 2.45) is 0 Å². The molecule has 2 aliphatic heterocycles. The van der Waals surface area contributed by atoms with Crippen molar-refractivity contribution in [2.75, 3.05) is 0 Å². The number of ether oxygens (including phenoxy) is 3. The van der Waals surface area contributed by atoms with E-state index in [-0.39, 0.29) is 23.7 Å². The maximum Gasteiger partial charge on any atom is 0.347 e. The van der Waals surface area contributed by atoms with Crippen molar-refractivity contribution < 1.29 is 28.6 Å². The Morgan fingerprint density at radius 1 is 0.773 bits per heavy atom. The van der Waals surface area contributed by atoms with Crippen LogP contribution in [0.1, 0.15) is 36.6 Å². The van der Waals surface area contributed by atoms with Crippen molar-refractivity contribution in [3.8, 4) is 11.5 Å². The maximum absolute atomic E-state index is 11.5. The Morgan fingerprint density at radius 2 is 1.45 bits per heavy atom. The number of fused-ring (bicyclic) bond motifs is 2. The number of esters is 3. The first-order valence-electron chi connectivity index (χ1n) is 6.50. The quantitative estimate of drug-likeness (QED) is 0.625. The van der Waals surface area contributed by atoms with Gasteiger partial charge in [0.1, 0.15) is 18.1 Å². The lowest BCUT2D eigenvalue weighted by molar-refractivity contribution is 0.0442. The van der Waals surface area contributed by atoms with E-state index in [1.165, 1.54) is 12.1 Å². The molecule has 0 saturated heterocycles. The van der Waals surface area contributed by atoms with E-state index in [1.54, 1.807) is 24.3 Å². The molecule has 0 unspecified atom stereocenters. The predicted octanol–water partition coefficient (Wildman–Crippen LogP) is 2.46. The lowest BCUT2D eigenvalue weighted by Gasteiger charge is -2.07. The number of benzene rings is 2. The molecule has 2 aromatic rings. The summed E-state index contributed by atoms with van der Waals surface area (Å²) < 4.78 is 15.1. The van der Waals surface area contributed by atoms with Gasteiger partial charge < -0.3 is 14.2 Å². The molecule has 0 N–H and O–H groups in total. The average molecular weight is 296 g/mol. The Hall–Kier alpha value is -3.15. The van der Waals surface area contributed by atoms with Crippen LogP contribution in [0.15, 0.2) is 36.4 Å². The Balaban J connectivity index is 1.66. The van der Waals surface area contributed by atoms with E-state index >= 15 is 0 Å². The summed E-state index contributed by atoms with van der Waals surface area (Å²) in [5.74, 6) is -0.926. The summed E-state index contributed by atoms with van der Waals surface area (Å²) >= 11 is 0. The van der Waals surface area contributed by atoms with Crippen LogP contribution in [0, 0.1) is 0 Å². The van der Waals surface area contributed by atoms with Gasteiger partial charge in [0.2, 0.25) is 0 Å². The molecule has 0 spiro atoms. The van der Waals surface area contributed by atoms with Crippen LogP contribution in [-0.4, -0.2) is 17.9 Å². The molecule has 0 radical (unpaired) electrons. The lowest BCUT2D eigenvalue weighted by Crippen LogP contribution is -1.97. The Kier molecular flexibility index (Phi) is 2.53. The highest BCUT2D eigenvalue weighted by atomic mass is 16.6. The van der Waals surface area contributed by atoms with Crippen molar-refractivity contribution in [3.63, 3.8) is 0 Å². The monoisotopic (exact) mass is 296 g/mol. The number of carbonyl (C=O) groups excluding carboxylic acids is 3. The molecule has 6 heteroatoms. The van der Waals surface area contributed by atoms with Gasteiger partial charge in [-0.15, -0.1) is 0 Å². The zero-order valence-corrected chi connectivity index (χ0v) is 11.1. The van der Waals surface area contributed by atoms with Gasteiger partial charge in [-0.1, -0.05) is 6.07 Å². The minimum Gasteiger partial charge on any atom is -0.457 e. The first kappa shape index (κ1) is 12.6. The number of rotatable bonds is 2. The molecule has 0 fully saturated rings. The van der Waals surface area contributed by atoms with Crippen LogP contribution in [0.2, 0.25) is 0 Å². The fourth-order valence-corrected chi connectivity index (χ4v) is 2.42. The summed E-state index contributed by atoms with van der Waals surface area (Å²) in [6.07, 6.45) is 0. The molecule has 22 heavy (non-hydrogen) atoms. The Bertz CT molecular complexity index is 852.